The van der Waals surface area contributed by atoms with Crippen LogP contribution in [0.1, 0.15) is 20.3 Å². The van der Waals surface area contributed by atoms with Crippen LogP contribution in [0.15, 0.2) is 33.5 Å². The first-order chi connectivity index (χ1) is 19.4. The Bertz CT molecular complexity index is 1500. The molecule has 1 aliphatic heterocycles. The Balaban J connectivity index is 1.72. The quantitative estimate of drug-likeness (QED) is 0.147. The monoisotopic (exact) mass is 578 g/mol. The molecule has 4 rings (SSSR count). The van der Waals surface area contributed by atoms with Gasteiger partial charge in [-0.2, -0.15) is 0 Å². The minimum atomic E-state index is -1.82. The third-order valence-electron chi connectivity index (χ3n) is 6.81. The number of esters is 1. The third-order valence-corrected chi connectivity index (χ3v) is 6.81. The van der Waals surface area contributed by atoms with Gasteiger partial charge in [0.1, 0.15) is 42.0 Å². The number of aromatic hydroxyl groups is 4. The molecular formula is C27H30O14. The lowest BCUT2D eigenvalue weighted by atomic mass is 9.99. The van der Waals surface area contributed by atoms with Gasteiger partial charge in [-0.05, 0) is 24.6 Å². The Hall–Kier alpha value is -4.24. The lowest BCUT2D eigenvalue weighted by Gasteiger charge is -2.40. The van der Waals surface area contributed by atoms with Gasteiger partial charge < -0.3 is 59.1 Å². The minimum absolute atomic E-state index is 0.00695. The van der Waals surface area contributed by atoms with Crippen molar-refractivity contribution in [2.45, 2.75) is 51.0 Å². The number of carbonyl (C=O) groups is 1. The molecule has 1 aliphatic rings. The smallest absolute Gasteiger partial charge is 0.308 e. The van der Waals surface area contributed by atoms with E-state index in [2.05, 4.69) is 0 Å². The molecular weight excluding hydrogens is 548 g/mol. The van der Waals surface area contributed by atoms with Crippen LogP contribution in [0.5, 0.6) is 34.5 Å². The summed E-state index contributed by atoms with van der Waals surface area (Å²) in [6.45, 7) is 2.97. The van der Waals surface area contributed by atoms with Gasteiger partial charge in [-0.15, -0.1) is 0 Å². The summed E-state index contributed by atoms with van der Waals surface area (Å²) in [5.41, 5.74) is -1.38. The predicted molar refractivity (Wildman–Crippen MR) is 139 cm³/mol. The van der Waals surface area contributed by atoms with Crippen LogP contribution in [0, 0.1) is 5.92 Å². The van der Waals surface area contributed by atoms with Gasteiger partial charge in [0.05, 0.1) is 13.0 Å². The molecule has 14 nitrogen and oxygen atoms in total. The van der Waals surface area contributed by atoms with E-state index in [0.29, 0.717) is 6.42 Å². The van der Waals surface area contributed by atoms with Crippen molar-refractivity contribution in [1.82, 2.24) is 0 Å². The first kappa shape index (κ1) is 29.7. The normalized spacial score (nSPS) is 23.2. The van der Waals surface area contributed by atoms with Crippen LogP contribution in [0.4, 0.5) is 0 Å². The molecule has 41 heavy (non-hydrogen) atoms. The number of aliphatic hydroxyl groups excluding tert-OH is 3. The average molecular weight is 579 g/mol. The van der Waals surface area contributed by atoms with E-state index in [1.165, 1.54) is 6.07 Å². The fourth-order valence-corrected chi connectivity index (χ4v) is 4.18. The fraction of sp³-hybridized carbons (Fsp3) is 0.407. The SMILES string of the molecule is CC[C@H](C)C(=O)OC[C@H]1O[C@@H](Oc2cc3oc(-c4ccc(O)c(O)c4)c(O)c(=O)c3c(O)c2OC)[C@H](O)[C@@H](O)[C@@H]1O. The van der Waals surface area contributed by atoms with Crippen LogP contribution in [0.3, 0.4) is 0 Å². The third kappa shape index (κ3) is 5.54. The van der Waals surface area contributed by atoms with Gasteiger partial charge in [0, 0.05) is 11.6 Å². The molecule has 14 heteroatoms. The van der Waals surface area contributed by atoms with Crippen molar-refractivity contribution in [3.05, 3.63) is 34.5 Å². The van der Waals surface area contributed by atoms with Crippen molar-refractivity contribution < 1.29 is 63.9 Å². The molecule has 1 fully saturated rings. The highest BCUT2D eigenvalue weighted by atomic mass is 16.7. The van der Waals surface area contributed by atoms with E-state index in [-0.39, 0.29) is 16.9 Å². The summed E-state index contributed by atoms with van der Waals surface area (Å²) >= 11 is 0. The number of rotatable bonds is 8. The van der Waals surface area contributed by atoms with Crippen molar-refractivity contribution >= 4 is 16.9 Å². The van der Waals surface area contributed by atoms with Crippen LogP contribution in [0.25, 0.3) is 22.3 Å². The standard InChI is InChI=1S/C27H30O14/c1-4-10(2)26(36)38-9-16-18(30)21(33)23(35)27(41-16)40-15-8-14-17(20(32)25(15)37-3)19(31)22(34)24(39-14)11-5-6-12(28)13(29)7-11/h5-8,10,16,18,21,23,27-30,32-35H,4,9H2,1-3H3/t10-,16+,18+,21-,23+,27+/m0/s1. The van der Waals surface area contributed by atoms with Crippen LogP contribution in [-0.2, 0) is 14.3 Å². The molecule has 0 amide bonds. The Labute approximate surface area is 232 Å². The van der Waals surface area contributed by atoms with E-state index in [9.17, 15) is 45.3 Å². The number of aliphatic hydroxyl groups is 3. The van der Waals surface area contributed by atoms with E-state index < -0.39 is 94.5 Å². The number of hydrogen-bond donors (Lipinski definition) is 7. The summed E-state index contributed by atoms with van der Waals surface area (Å²) in [6.07, 6.45) is -7.75. The molecule has 6 atom stereocenters. The molecule has 1 aromatic heterocycles. The van der Waals surface area contributed by atoms with Crippen molar-refractivity contribution in [2.75, 3.05) is 13.7 Å². The van der Waals surface area contributed by atoms with Crippen LogP contribution >= 0.6 is 0 Å². The van der Waals surface area contributed by atoms with Gasteiger partial charge in [-0.25, -0.2) is 0 Å². The Morgan fingerprint density at radius 1 is 1.00 bits per heavy atom. The molecule has 0 bridgehead atoms. The van der Waals surface area contributed by atoms with E-state index in [0.717, 1.165) is 25.3 Å². The number of fused-ring (bicyclic) bond motifs is 1. The zero-order chi connectivity index (χ0) is 30.2. The second-order valence-corrected chi connectivity index (χ2v) is 9.51. The number of ether oxygens (including phenoxy) is 4. The summed E-state index contributed by atoms with van der Waals surface area (Å²) in [6, 6.07) is 4.48. The Kier molecular flexibility index (Phi) is 8.49. The van der Waals surface area contributed by atoms with Gasteiger partial charge in [-0.1, -0.05) is 13.8 Å². The van der Waals surface area contributed by atoms with Gasteiger partial charge in [0.15, 0.2) is 28.8 Å². The maximum atomic E-state index is 13.0. The molecule has 2 heterocycles. The van der Waals surface area contributed by atoms with E-state index in [4.69, 9.17) is 23.4 Å². The number of hydrogen-bond acceptors (Lipinski definition) is 14. The molecule has 222 valence electrons. The van der Waals surface area contributed by atoms with E-state index in [1.807, 2.05) is 0 Å². The largest absolute Gasteiger partial charge is 0.504 e. The summed E-state index contributed by atoms with van der Waals surface area (Å²) in [7, 11) is 1.14. The molecule has 0 unspecified atom stereocenters. The molecule has 0 spiro atoms. The lowest BCUT2D eigenvalue weighted by molar-refractivity contribution is -0.279. The van der Waals surface area contributed by atoms with Crippen molar-refractivity contribution in [1.29, 1.82) is 0 Å². The highest BCUT2D eigenvalue weighted by Gasteiger charge is 2.46. The predicted octanol–water partition coefficient (Wildman–Crippen LogP) is 1.07. The molecule has 0 saturated carbocycles. The van der Waals surface area contributed by atoms with Gasteiger partial charge >= 0.3 is 5.97 Å². The molecule has 0 aliphatic carbocycles. The van der Waals surface area contributed by atoms with Crippen LogP contribution < -0.4 is 14.9 Å². The summed E-state index contributed by atoms with van der Waals surface area (Å²) in [5, 5.41) is 71.6. The molecule has 3 aromatic rings. The topological polar surface area (TPSA) is 226 Å². The van der Waals surface area contributed by atoms with Gasteiger partial charge in [0.2, 0.25) is 23.2 Å². The van der Waals surface area contributed by atoms with Gasteiger partial charge in [0.25, 0.3) is 0 Å². The zero-order valence-corrected chi connectivity index (χ0v) is 22.2. The number of carbonyl (C=O) groups excluding carboxylic acids is 1. The van der Waals surface area contributed by atoms with Crippen molar-refractivity contribution in [2.24, 2.45) is 5.92 Å². The highest BCUT2D eigenvalue weighted by molar-refractivity contribution is 5.91. The van der Waals surface area contributed by atoms with E-state index in [1.54, 1.807) is 13.8 Å². The van der Waals surface area contributed by atoms with E-state index >= 15 is 0 Å². The molecule has 7 N–H and O–H groups in total. The first-order valence-electron chi connectivity index (χ1n) is 12.5. The maximum absolute atomic E-state index is 13.0. The van der Waals surface area contributed by atoms with Crippen LogP contribution in [0.2, 0.25) is 0 Å². The fourth-order valence-electron chi connectivity index (χ4n) is 4.18. The lowest BCUT2D eigenvalue weighted by Crippen LogP contribution is -2.60. The van der Waals surface area contributed by atoms with Crippen LogP contribution in [-0.4, -0.2) is 86.1 Å². The Morgan fingerprint density at radius 3 is 2.34 bits per heavy atom. The molecule has 1 saturated heterocycles. The minimum Gasteiger partial charge on any atom is -0.504 e. The summed E-state index contributed by atoms with van der Waals surface area (Å²) < 4.78 is 27.3. The van der Waals surface area contributed by atoms with Crippen molar-refractivity contribution in [3.8, 4) is 45.8 Å². The second kappa shape index (κ2) is 11.7. The first-order valence-corrected chi connectivity index (χ1v) is 12.5. The maximum Gasteiger partial charge on any atom is 0.308 e. The highest BCUT2D eigenvalue weighted by Crippen LogP contribution is 2.45. The Morgan fingerprint density at radius 2 is 1.71 bits per heavy atom. The summed E-state index contributed by atoms with van der Waals surface area (Å²) in [4.78, 5) is 25.1. The number of phenolic OH excluding ortho intramolecular Hbond substituents is 3. The molecule has 0 radical (unpaired) electrons. The number of phenols is 3. The second-order valence-electron chi connectivity index (χ2n) is 9.51. The molecule has 2 aromatic carbocycles. The summed E-state index contributed by atoms with van der Waals surface area (Å²) in [5.74, 6) is -4.87. The number of methoxy groups -OCH3 is 1. The average Bonchev–Trinajstić information content (AvgIpc) is 2.95. The van der Waals surface area contributed by atoms with Gasteiger partial charge in [-0.3, -0.25) is 9.59 Å². The number of benzene rings is 2. The zero-order valence-electron chi connectivity index (χ0n) is 22.2. The van der Waals surface area contributed by atoms with Crippen molar-refractivity contribution in [3.63, 3.8) is 0 Å².